The van der Waals surface area contributed by atoms with Crippen molar-refractivity contribution in [3.8, 4) is 5.69 Å². The summed E-state index contributed by atoms with van der Waals surface area (Å²) in [5, 5.41) is 7.17. The Labute approximate surface area is 111 Å². The largest absolute Gasteiger partial charge is 0.399 e. The van der Waals surface area contributed by atoms with Crippen LogP contribution in [0.15, 0.2) is 36.5 Å². The summed E-state index contributed by atoms with van der Waals surface area (Å²) in [6.45, 7) is 0.758. The van der Waals surface area contributed by atoms with Crippen molar-refractivity contribution in [2.24, 2.45) is 5.92 Å². The molecule has 1 heterocycles. The van der Waals surface area contributed by atoms with Gasteiger partial charge in [0, 0.05) is 18.4 Å². The third-order valence-corrected chi connectivity index (χ3v) is 3.23. The number of aromatic nitrogens is 2. The Bertz CT molecular complexity index is 584. The fourth-order valence-electron chi connectivity index (χ4n) is 1.87. The van der Waals surface area contributed by atoms with Gasteiger partial charge in [-0.15, -0.1) is 0 Å². The second-order valence-electron chi connectivity index (χ2n) is 4.89. The monoisotopic (exact) mass is 256 g/mol. The molecule has 19 heavy (non-hydrogen) atoms. The number of nitrogens with zero attached hydrogens (tertiary/aromatic N) is 2. The Kier molecular flexibility index (Phi) is 2.95. The number of hydrogen-bond acceptors (Lipinski definition) is 3. The quantitative estimate of drug-likeness (QED) is 0.816. The molecular weight excluding hydrogens is 240 g/mol. The van der Waals surface area contributed by atoms with Crippen molar-refractivity contribution >= 4 is 11.6 Å². The number of anilines is 1. The van der Waals surface area contributed by atoms with Crippen molar-refractivity contribution in [1.82, 2.24) is 15.1 Å². The third-order valence-electron chi connectivity index (χ3n) is 3.23. The topological polar surface area (TPSA) is 72.9 Å². The van der Waals surface area contributed by atoms with E-state index >= 15 is 0 Å². The highest BCUT2D eigenvalue weighted by molar-refractivity contribution is 5.92. The van der Waals surface area contributed by atoms with Gasteiger partial charge in [-0.1, -0.05) is 0 Å². The van der Waals surface area contributed by atoms with Gasteiger partial charge in [-0.3, -0.25) is 4.79 Å². The number of carbonyl (C=O) groups excluding carboxylic acids is 1. The van der Waals surface area contributed by atoms with Crippen LogP contribution in [0, 0.1) is 5.92 Å². The minimum atomic E-state index is -0.110. The normalized spacial score (nSPS) is 14.3. The van der Waals surface area contributed by atoms with E-state index in [2.05, 4.69) is 10.4 Å². The molecule has 5 nitrogen and oxygen atoms in total. The van der Waals surface area contributed by atoms with E-state index in [1.807, 2.05) is 24.3 Å². The Morgan fingerprint density at radius 3 is 2.74 bits per heavy atom. The zero-order valence-corrected chi connectivity index (χ0v) is 10.5. The molecule has 0 unspecified atom stereocenters. The van der Waals surface area contributed by atoms with E-state index in [1.54, 1.807) is 16.9 Å². The summed E-state index contributed by atoms with van der Waals surface area (Å²) in [7, 11) is 0. The van der Waals surface area contributed by atoms with Gasteiger partial charge in [0.05, 0.1) is 5.69 Å². The van der Waals surface area contributed by atoms with Crippen molar-refractivity contribution in [3.05, 3.63) is 42.2 Å². The Morgan fingerprint density at radius 1 is 1.32 bits per heavy atom. The Balaban J connectivity index is 1.71. The maximum absolute atomic E-state index is 11.9. The molecule has 1 aromatic carbocycles. The van der Waals surface area contributed by atoms with Crippen LogP contribution >= 0.6 is 0 Å². The average Bonchev–Trinajstić information content (AvgIpc) is 3.12. The van der Waals surface area contributed by atoms with Crippen LogP contribution in [0.3, 0.4) is 0 Å². The van der Waals surface area contributed by atoms with Crippen LogP contribution in [0.25, 0.3) is 5.69 Å². The molecule has 1 saturated carbocycles. The molecule has 1 amide bonds. The molecule has 3 rings (SSSR count). The van der Waals surface area contributed by atoms with Gasteiger partial charge in [0.1, 0.15) is 0 Å². The first-order chi connectivity index (χ1) is 9.22. The van der Waals surface area contributed by atoms with Crippen molar-refractivity contribution in [2.75, 3.05) is 12.3 Å². The molecule has 98 valence electrons. The van der Waals surface area contributed by atoms with Crippen molar-refractivity contribution < 1.29 is 4.79 Å². The predicted octanol–water partition coefficient (Wildman–Crippen LogP) is 1.59. The van der Waals surface area contributed by atoms with Crippen molar-refractivity contribution in [1.29, 1.82) is 0 Å². The fourth-order valence-corrected chi connectivity index (χ4v) is 1.87. The molecule has 0 saturated heterocycles. The molecule has 1 aliphatic carbocycles. The van der Waals surface area contributed by atoms with Crippen LogP contribution in [-0.4, -0.2) is 22.2 Å². The lowest BCUT2D eigenvalue weighted by Gasteiger charge is -2.02. The summed E-state index contributed by atoms with van der Waals surface area (Å²) in [4.78, 5) is 11.9. The van der Waals surface area contributed by atoms with Crippen LogP contribution in [-0.2, 0) is 0 Å². The van der Waals surface area contributed by atoms with Gasteiger partial charge in [0.25, 0.3) is 5.91 Å². The minimum absolute atomic E-state index is 0.110. The predicted molar refractivity (Wildman–Crippen MR) is 73.0 cm³/mol. The van der Waals surface area contributed by atoms with E-state index in [4.69, 9.17) is 5.73 Å². The molecule has 0 aliphatic heterocycles. The summed E-state index contributed by atoms with van der Waals surface area (Å²) >= 11 is 0. The van der Waals surface area contributed by atoms with Gasteiger partial charge in [0.15, 0.2) is 5.69 Å². The number of nitrogen functional groups attached to an aromatic ring is 1. The first kappa shape index (κ1) is 11.8. The zero-order chi connectivity index (χ0) is 13.2. The fraction of sp³-hybridized carbons (Fsp3) is 0.286. The first-order valence-corrected chi connectivity index (χ1v) is 6.42. The molecule has 1 aliphatic rings. The first-order valence-electron chi connectivity index (χ1n) is 6.42. The van der Waals surface area contributed by atoms with Crippen LogP contribution in [0.4, 0.5) is 5.69 Å². The van der Waals surface area contributed by atoms with Gasteiger partial charge in [0.2, 0.25) is 0 Å². The molecule has 5 heteroatoms. The molecule has 3 N–H and O–H groups in total. The second-order valence-corrected chi connectivity index (χ2v) is 4.89. The number of nitrogens with two attached hydrogens (primary N) is 1. The summed E-state index contributed by atoms with van der Waals surface area (Å²) in [6, 6.07) is 9.08. The third kappa shape index (κ3) is 2.76. The Hall–Kier alpha value is -2.30. The smallest absolute Gasteiger partial charge is 0.271 e. The lowest BCUT2D eigenvalue weighted by molar-refractivity contribution is 0.0946. The van der Waals surface area contributed by atoms with Gasteiger partial charge >= 0.3 is 0 Å². The van der Waals surface area contributed by atoms with Gasteiger partial charge in [-0.2, -0.15) is 5.10 Å². The Morgan fingerprint density at radius 2 is 2.05 bits per heavy atom. The maximum atomic E-state index is 11.9. The molecule has 1 fully saturated rings. The highest BCUT2D eigenvalue weighted by Crippen LogP contribution is 2.27. The number of nitrogens with one attached hydrogen (secondary N) is 1. The molecule has 0 spiro atoms. The summed E-state index contributed by atoms with van der Waals surface area (Å²) in [6.07, 6.45) is 4.22. The summed E-state index contributed by atoms with van der Waals surface area (Å²) < 4.78 is 1.67. The number of rotatable bonds is 4. The van der Waals surface area contributed by atoms with Crippen LogP contribution in [0.1, 0.15) is 23.3 Å². The summed E-state index contributed by atoms with van der Waals surface area (Å²) in [5.74, 6) is 0.559. The second kappa shape index (κ2) is 4.76. The SMILES string of the molecule is Nc1ccc(-n2ccc(C(=O)NCC3CC3)n2)cc1. The van der Waals surface area contributed by atoms with Gasteiger partial charge in [-0.05, 0) is 49.1 Å². The average molecular weight is 256 g/mol. The van der Waals surface area contributed by atoms with Gasteiger partial charge < -0.3 is 11.1 Å². The maximum Gasteiger partial charge on any atom is 0.271 e. The van der Waals surface area contributed by atoms with E-state index in [1.165, 1.54) is 12.8 Å². The van der Waals surface area contributed by atoms with E-state index in [9.17, 15) is 4.79 Å². The number of benzene rings is 1. The van der Waals surface area contributed by atoms with E-state index < -0.39 is 0 Å². The molecule has 1 aromatic heterocycles. The molecule has 0 atom stereocenters. The zero-order valence-electron chi connectivity index (χ0n) is 10.5. The highest BCUT2D eigenvalue weighted by Gasteiger charge is 2.22. The summed E-state index contributed by atoms with van der Waals surface area (Å²) in [5.41, 5.74) is 7.67. The van der Waals surface area contributed by atoms with E-state index in [0.29, 0.717) is 17.3 Å². The minimum Gasteiger partial charge on any atom is -0.399 e. The molecule has 0 bridgehead atoms. The highest BCUT2D eigenvalue weighted by atomic mass is 16.1. The van der Waals surface area contributed by atoms with Crippen molar-refractivity contribution in [3.63, 3.8) is 0 Å². The number of amides is 1. The lowest BCUT2D eigenvalue weighted by atomic mass is 10.3. The van der Waals surface area contributed by atoms with E-state index in [0.717, 1.165) is 12.2 Å². The number of hydrogen-bond donors (Lipinski definition) is 2. The standard InChI is InChI=1S/C14H16N4O/c15-11-3-5-12(6-4-11)18-8-7-13(17-18)14(19)16-9-10-1-2-10/h3-8,10H,1-2,9,15H2,(H,16,19). The van der Waals surface area contributed by atoms with Gasteiger partial charge in [-0.25, -0.2) is 4.68 Å². The van der Waals surface area contributed by atoms with E-state index in [-0.39, 0.29) is 5.91 Å². The molecular formula is C14H16N4O. The lowest BCUT2D eigenvalue weighted by Crippen LogP contribution is -2.26. The van der Waals surface area contributed by atoms with Crippen LogP contribution < -0.4 is 11.1 Å². The van der Waals surface area contributed by atoms with Crippen molar-refractivity contribution in [2.45, 2.75) is 12.8 Å². The number of carbonyl (C=O) groups is 1. The molecule has 0 radical (unpaired) electrons. The van der Waals surface area contributed by atoms with Crippen LogP contribution in [0.2, 0.25) is 0 Å². The van der Waals surface area contributed by atoms with Crippen LogP contribution in [0.5, 0.6) is 0 Å². The molecule has 2 aromatic rings.